The monoisotopic (exact) mass is 523 g/mol. The van der Waals surface area contributed by atoms with Gasteiger partial charge < -0.3 is 19.1 Å². The minimum Gasteiger partial charge on any atom is -0.406 e. The van der Waals surface area contributed by atoms with E-state index in [1.807, 2.05) is 28.8 Å². The van der Waals surface area contributed by atoms with Crippen LogP contribution in [0.15, 0.2) is 71.6 Å². The molecular weight excluding hydrogens is 502 g/mol. The van der Waals surface area contributed by atoms with E-state index in [1.54, 1.807) is 6.07 Å². The van der Waals surface area contributed by atoms with E-state index in [2.05, 4.69) is 9.46 Å². The molecule has 4 aromatic rings. The molecule has 2 heterocycles. The third-order valence-corrected chi connectivity index (χ3v) is 7.67. The molecule has 4 atom stereocenters. The summed E-state index contributed by atoms with van der Waals surface area (Å²) in [6, 6.07) is 14.2. The lowest BCUT2D eigenvalue weighted by Gasteiger charge is -2.37. The fourth-order valence-corrected chi connectivity index (χ4v) is 5.85. The zero-order chi connectivity index (χ0) is 25.7. The van der Waals surface area contributed by atoms with Gasteiger partial charge in [-0.25, -0.2) is 18.1 Å². The minimum atomic E-state index is -4.88. The summed E-state index contributed by atoms with van der Waals surface area (Å²) in [4.78, 5) is -0.0845. The summed E-state index contributed by atoms with van der Waals surface area (Å²) >= 11 is 0. The number of nitrogens with one attached hydrogen (secondary N) is 2. The number of hydrogen-bond acceptors (Lipinski definition) is 5. The first-order valence-electron chi connectivity index (χ1n) is 10.9. The summed E-state index contributed by atoms with van der Waals surface area (Å²) in [6.45, 7) is 0.0712. The van der Waals surface area contributed by atoms with Crippen molar-refractivity contribution in [3.05, 3.63) is 72.5 Å². The van der Waals surface area contributed by atoms with Gasteiger partial charge in [0.15, 0.2) is 0 Å². The second kappa shape index (κ2) is 9.04. The number of hydrogen-bond donors (Lipinski definition) is 3. The quantitative estimate of drug-likeness (QED) is 0.329. The molecule has 0 saturated carbocycles. The number of alkyl halides is 3. The van der Waals surface area contributed by atoms with E-state index in [1.165, 1.54) is 12.1 Å². The molecule has 12 heteroatoms. The minimum absolute atomic E-state index is 0.0471. The number of benzene rings is 3. The number of aliphatic hydroxyl groups excluding tert-OH is 1. The van der Waals surface area contributed by atoms with Gasteiger partial charge in [-0.3, -0.25) is 0 Å². The lowest BCUT2D eigenvalue weighted by atomic mass is 10.0. The van der Waals surface area contributed by atoms with E-state index in [9.17, 15) is 26.9 Å². The SMILES string of the molecule is N=S(=O)(NC1COCC(n2c3ccccc3c3cc(F)ccc32)C1O)c1ccc(OC(F)(F)F)cc1. The number of ether oxygens (including phenoxy) is 2. The van der Waals surface area contributed by atoms with Gasteiger partial charge in [-0.05, 0) is 48.5 Å². The number of halogens is 4. The van der Waals surface area contributed by atoms with Crippen LogP contribution in [0.3, 0.4) is 0 Å². The molecular formula is C24H21F4N3O4S. The Hall–Kier alpha value is -3.19. The maximum absolute atomic E-state index is 14.0. The summed E-state index contributed by atoms with van der Waals surface area (Å²) in [6.07, 6.45) is -6.03. The topological polar surface area (TPSA) is 96.6 Å². The Kier molecular flexibility index (Phi) is 6.15. The average molecular weight is 524 g/mol. The van der Waals surface area contributed by atoms with Crippen molar-refractivity contribution < 1.29 is 36.4 Å². The van der Waals surface area contributed by atoms with Crippen molar-refractivity contribution in [3.8, 4) is 5.75 Å². The van der Waals surface area contributed by atoms with Gasteiger partial charge in [0.05, 0.1) is 36.3 Å². The van der Waals surface area contributed by atoms with Crippen molar-refractivity contribution in [3.63, 3.8) is 0 Å². The van der Waals surface area contributed by atoms with Gasteiger partial charge >= 0.3 is 6.36 Å². The molecule has 1 aliphatic heterocycles. The lowest BCUT2D eigenvalue weighted by Crippen LogP contribution is -2.53. The lowest BCUT2D eigenvalue weighted by molar-refractivity contribution is -0.274. The molecule has 1 aliphatic rings. The molecule has 36 heavy (non-hydrogen) atoms. The van der Waals surface area contributed by atoms with Crippen LogP contribution < -0.4 is 9.46 Å². The molecule has 0 bridgehead atoms. The Bertz CT molecular complexity index is 1520. The molecule has 0 amide bonds. The predicted octanol–water partition coefficient (Wildman–Crippen LogP) is 4.74. The zero-order valence-corrected chi connectivity index (χ0v) is 19.4. The van der Waals surface area contributed by atoms with Gasteiger partial charge in [-0.2, -0.15) is 0 Å². The van der Waals surface area contributed by atoms with Crippen molar-refractivity contribution in [2.24, 2.45) is 0 Å². The van der Waals surface area contributed by atoms with Gasteiger partial charge in [0.1, 0.15) is 21.5 Å². The van der Waals surface area contributed by atoms with E-state index in [-0.39, 0.29) is 18.1 Å². The largest absolute Gasteiger partial charge is 0.573 e. The highest BCUT2D eigenvalue weighted by atomic mass is 32.2. The molecule has 190 valence electrons. The standard InChI is InChI=1S/C24H21F4N3O4S/c25-14-5-10-21-18(11-14)17-3-1-2-4-20(17)31(21)22-13-34-12-19(23(22)32)30-36(29,33)16-8-6-15(7-9-16)35-24(26,27)28/h1-11,19,22-23,32H,12-13H2,(H2,29,30,33). The predicted molar refractivity (Wildman–Crippen MR) is 124 cm³/mol. The van der Waals surface area contributed by atoms with Crippen LogP contribution in [-0.2, 0) is 14.7 Å². The molecule has 7 nitrogen and oxygen atoms in total. The normalized spacial score (nSPS) is 22.5. The third kappa shape index (κ3) is 4.64. The molecule has 4 unspecified atom stereocenters. The Morgan fingerprint density at radius 2 is 1.72 bits per heavy atom. The Morgan fingerprint density at radius 3 is 2.44 bits per heavy atom. The first-order valence-corrected chi connectivity index (χ1v) is 12.5. The van der Waals surface area contributed by atoms with Crippen molar-refractivity contribution in [2.75, 3.05) is 13.2 Å². The number of para-hydroxylation sites is 1. The highest BCUT2D eigenvalue weighted by Gasteiger charge is 2.37. The van der Waals surface area contributed by atoms with Crippen LogP contribution in [0.2, 0.25) is 0 Å². The van der Waals surface area contributed by atoms with Crippen LogP contribution in [0, 0.1) is 10.6 Å². The van der Waals surface area contributed by atoms with E-state index in [0.717, 1.165) is 35.2 Å². The van der Waals surface area contributed by atoms with Crippen LogP contribution in [0.5, 0.6) is 5.75 Å². The fourth-order valence-electron chi connectivity index (χ4n) is 4.56. The number of aromatic nitrogens is 1. The van der Waals surface area contributed by atoms with Crippen molar-refractivity contribution in [1.29, 1.82) is 4.78 Å². The summed E-state index contributed by atoms with van der Waals surface area (Å²) in [5, 5.41) is 12.7. The molecule has 3 N–H and O–H groups in total. The van der Waals surface area contributed by atoms with E-state index >= 15 is 0 Å². The maximum atomic E-state index is 14.0. The number of aliphatic hydroxyl groups is 1. The second-order valence-electron chi connectivity index (χ2n) is 8.44. The summed E-state index contributed by atoms with van der Waals surface area (Å²) < 4.78 is 86.6. The molecule has 0 radical (unpaired) electrons. The molecule has 1 saturated heterocycles. The van der Waals surface area contributed by atoms with Gasteiger partial charge in [-0.1, -0.05) is 18.2 Å². The van der Waals surface area contributed by atoms with Crippen LogP contribution in [0.4, 0.5) is 17.6 Å². The molecule has 1 aromatic heterocycles. The van der Waals surface area contributed by atoms with Gasteiger partial charge in [0.25, 0.3) is 0 Å². The van der Waals surface area contributed by atoms with Crippen LogP contribution in [0.1, 0.15) is 6.04 Å². The summed E-state index contributed by atoms with van der Waals surface area (Å²) in [7, 11) is -3.72. The fraction of sp³-hybridized carbons (Fsp3) is 0.250. The van der Waals surface area contributed by atoms with Crippen LogP contribution in [0.25, 0.3) is 21.8 Å². The second-order valence-corrected chi connectivity index (χ2v) is 10.3. The van der Waals surface area contributed by atoms with E-state index < -0.39 is 46.0 Å². The average Bonchev–Trinajstić information content (AvgIpc) is 3.13. The first kappa shape index (κ1) is 24.5. The van der Waals surface area contributed by atoms with E-state index in [0.29, 0.717) is 10.9 Å². The summed E-state index contributed by atoms with van der Waals surface area (Å²) in [5.41, 5.74) is 1.43. The smallest absolute Gasteiger partial charge is 0.406 e. The maximum Gasteiger partial charge on any atom is 0.573 e. The van der Waals surface area contributed by atoms with E-state index in [4.69, 9.17) is 9.52 Å². The highest BCUT2D eigenvalue weighted by molar-refractivity contribution is 7.90. The highest BCUT2D eigenvalue weighted by Crippen LogP contribution is 2.35. The number of fused-ring (bicyclic) bond motifs is 3. The zero-order valence-electron chi connectivity index (χ0n) is 18.5. The number of rotatable bonds is 5. The Balaban J connectivity index is 1.44. The molecule has 5 rings (SSSR count). The molecule has 3 aromatic carbocycles. The van der Waals surface area contributed by atoms with Gasteiger partial charge in [0, 0.05) is 21.8 Å². The summed E-state index contributed by atoms with van der Waals surface area (Å²) in [5.74, 6) is -0.906. The van der Waals surface area contributed by atoms with Gasteiger partial charge in [0.2, 0.25) is 0 Å². The molecule has 0 spiro atoms. The molecule has 1 fully saturated rings. The first-order chi connectivity index (χ1) is 17.0. The Morgan fingerprint density at radius 1 is 1.03 bits per heavy atom. The van der Waals surface area contributed by atoms with Crippen molar-refractivity contribution >= 4 is 31.7 Å². The Labute approximate surface area is 203 Å². The van der Waals surface area contributed by atoms with Crippen molar-refractivity contribution in [1.82, 2.24) is 9.29 Å². The van der Waals surface area contributed by atoms with Crippen LogP contribution in [-0.4, -0.2) is 45.6 Å². The van der Waals surface area contributed by atoms with Crippen LogP contribution >= 0.6 is 0 Å². The van der Waals surface area contributed by atoms with Gasteiger partial charge in [-0.15, -0.1) is 13.2 Å². The van der Waals surface area contributed by atoms with Crippen molar-refractivity contribution in [2.45, 2.75) is 29.4 Å². The molecule has 0 aliphatic carbocycles. The number of nitrogens with zero attached hydrogens (tertiary/aromatic N) is 1. The third-order valence-electron chi connectivity index (χ3n) is 6.10.